The van der Waals surface area contributed by atoms with Crippen molar-refractivity contribution < 1.29 is 14.6 Å². The fraction of sp³-hybridized carbons (Fsp3) is 0.222. The van der Waals surface area contributed by atoms with E-state index in [1.54, 1.807) is 0 Å². The third-order valence-electron chi connectivity index (χ3n) is 2.08. The number of hydrogen-bond acceptors (Lipinski definition) is 5. The SMILES string of the molecule is CN(C)C(=O)c1cc([N+](=O)[O-])c(Cl)c([N+](=O)[O-])c1. The second-order valence-electron chi connectivity index (χ2n) is 3.54. The summed E-state index contributed by atoms with van der Waals surface area (Å²) in [5, 5.41) is 20.8. The molecule has 0 aromatic heterocycles. The summed E-state index contributed by atoms with van der Waals surface area (Å²) in [6, 6.07) is 1.83. The summed E-state index contributed by atoms with van der Waals surface area (Å²) < 4.78 is 0. The van der Waals surface area contributed by atoms with Crippen LogP contribution >= 0.6 is 11.6 Å². The van der Waals surface area contributed by atoms with Crippen LogP contribution in [-0.2, 0) is 0 Å². The number of carbonyl (C=O) groups excluding carboxylic acids is 1. The van der Waals surface area contributed by atoms with Crippen molar-refractivity contribution in [3.8, 4) is 0 Å². The largest absolute Gasteiger partial charge is 0.345 e. The maximum atomic E-state index is 11.6. The van der Waals surface area contributed by atoms with Crippen LogP contribution in [0, 0.1) is 20.2 Å². The van der Waals surface area contributed by atoms with Crippen molar-refractivity contribution in [1.82, 2.24) is 4.90 Å². The molecule has 0 bridgehead atoms. The lowest BCUT2D eigenvalue weighted by Gasteiger charge is -2.10. The molecule has 1 aromatic carbocycles. The van der Waals surface area contributed by atoms with Crippen LogP contribution in [0.4, 0.5) is 11.4 Å². The van der Waals surface area contributed by atoms with Crippen LogP contribution in [0.1, 0.15) is 10.4 Å². The van der Waals surface area contributed by atoms with Gasteiger partial charge in [-0.2, -0.15) is 0 Å². The summed E-state index contributed by atoms with van der Waals surface area (Å²) in [5.41, 5.74) is -1.50. The summed E-state index contributed by atoms with van der Waals surface area (Å²) in [6.07, 6.45) is 0. The molecule has 18 heavy (non-hydrogen) atoms. The molecule has 0 fully saturated rings. The molecule has 0 heterocycles. The molecule has 8 nitrogen and oxygen atoms in total. The highest BCUT2D eigenvalue weighted by molar-refractivity contribution is 6.35. The van der Waals surface area contributed by atoms with Crippen LogP contribution in [0.3, 0.4) is 0 Å². The van der Waals surface area contributed by atoms with Gasteiger partial charge in [0.1, 0.15) is 0 Å². The van der Waals surface area contributed by atoms with E-state index in [1.165, 1.54) is 14.1 Å². The van der Waals surface area contributed by atoms with Crippen molar-refractivity contribution in [1.29, 1.82) is 0 Å². The lowest BCUT2D eigenvalue weighted by atomic mass is 10.1. The zero-order valence-electron chi connectivity index (χ0n) is 9.42. The van der Waals surface area contributed by atoms with E-state index in [1.807, 2.05) is 0 Å². The van der Waals surface area contributed by atoms with Gasteiger partial charge in [-0.05, 0) is 0 Å². The van der Waals surface area contributed by atoms with Gasteiger partial charge in [0, 0.05) is 26.2 Å². The molecule has 1 amide bonds. The number of hydrogen-bond donors (Lipinski definition) is 0. The number of nitro benzene ring substituents is 2. The zero-order chi connectivity index (χ0) is 14.0. The third-order valence-corrected chi connectivity index (χ3v) is 2.47. The minimum Gasteiger partial charge on any atom is -0.345 e. The molecule has 9 heteroatoms. The Bertz CT molecular complexity index is 508. The van der Waals surface area contributed by atoms with Gasteiger partial charge in [0.25, 0.3) is 17.3 Å². The van der Waals surface area contributed by atoms with Crippen molar-refractivity contribution in [2.45, 2.75) is 0 Å². The maximum absolute atomic E-state index is 11.6. The highest BCUT2D eigenvalue weighted by Crippen LogP contribution is 2.35. The minimum absolute atomic E-state index is 0.164. The van der Waals surface area contributed by atoms with E-state index in [9.17, 15) is 25.0 Å². The Morgan fingerprint density at radius 1 is 1.17 bits per heavy atom. The molecule has 1 rings (SSSR count). The molecule has 1 aromatic rings. The second-order valence-corrected chi connectivity index (χ2v) is 3.92. The number of amides is 1. The van der Waals surface area contributed by atoms with Crippen LogP contribution in [0.15, 0.2) is 12.1 Å². The Morgan fingerprint density at radius 2 is 1.56 bits per heavy atom. The smallest absolute Gasteiger partial charge is 0.295 e. The molecule has 0 aliphatic carbocycles. The lowest BCUT2D eigenvalue weighted by molar-refractivity contribution is -0.393. The van der Waals surface area contributed by atoms with Gasteiger partial charge >= 0.3 is 0 Å². The number of carbonyl (C=O) groups is 1. The lowest BCUT2D eigenvalue weighted by Crippen LogP contribution is -2.21. The number of halogens is 1. The Labute approximate surface area is 106 Å². The standard InChI is InChI=1S/C9H8ClN3O5/c1-11(2)9(14)5-3-6(12(15)16)8(10)7(4-5)13(17)18/h3-4H,1-2H3. The monoisotopic (exact) mass is 273 g/mol. The highest BCUT2D eigenvalue weighted by atomic mass is 35.5. The van der Waals surface area contributed by atoms with Crippen molar-refractivity contribution in [2.24, 2.45) is 0 Å². The van der Waals surface area contributed by atoms with Gasteiger partial charge in [-0.3, -0.25) is 25.0 Å². The quantitative estimate of drug-likeness (QED) is 0.617. The van der Waals surface area contributed by atoms with E-state index in [2.05, 4.69) is 0 Å². The molecule has 0 aliphatic heterocycles. The van der Waals surface area contributed by atoms with Gasteiger partial charge in [-0.15, -0.1) is 0 Å². The van der Waals surface area contributed by atoms with Crippen LogP contribution < -0.4 is 0 Å². The highest BCUT2D eigenvalue weighted by Gasteiger charge is 2.27. The second kappa shape index (κ2) is 4.96. The normalized spacial score (nSPS) is 9.94. The van der Waals surface area contributed by atoms with Crippen LogP contribution in [-0.4, -0.2) is 34.7 Å². The summed E-state index contributed by atoms with van der Waals surface area (Å²) in [7, 11) is 2.85. The number of benzene rings is 1. The van der Waals surface area contributed by atoms with Crippen molar-refractivity contribution in [3.05, 3.63) is 42.9 Å². The molecule has 0 saturated heterocycles. The summed E-state index contributed by atoms with van der Waals surface area (Å²) in [4.78, 5) is 32.5. The van der Waals surface area contributed by atoms with Crippen molar-refractivity contribution in [3.63, 3.8) is 0 Å². The molecule has 0 unspecified atom stereocenters. The molecule has 0 spiro atoms. The molecule has 0 radical (unpaired) electrons. The summed E-state index contributed by atoms with van der Waals surface area (Å²) in [5.74, 6) is -0.585. The van der Waals surface area contributed by atoms with E-state index in [0.29, 0.717) is 0 Å². The van der Waals surface area contributed by atoms with E-state index in [4.69, 9.17) is 11.6 Å². The molecule has 0 atom stereocenters. The van der Waals surface area contributed by atoms with E-state index in [0.717, 1.165) is 17.0 Å². The average Bonchev–Trinajstić information content (AvgIpc) is 2.27. The topological polar surface area (TPSA) is 107 Å². The van der Waals surface area contributed by atoms with E-state index >= 15 is 0 Å². The first kappa shape index (κ1) is 13.8. The molecule has 0 saturated carbocycles. The van der Waals surface area contributed by atoms with Gasteiger partial charge in [0.15, 0.2) is 5.02 Å². The Morgan fingerprint density at radius 3 is 1.83 bits per heavy atom. The maximum Gasteiger partial charge on any atom is 0.295 e. The Balaban J connectivity index is 3.53. The van der Waals surface area contributed by atoms with Gasteiger partial charge in [-0.1, -0.05) is 11.6 Å². The van der Waals surface area contributed by atoms with Crippen molar-refractivity contribution in [2.75, 3.05) is 14.1 Å². The molecule has 96 valence electrons. The minimum atomic E-state index is -0.873. The van der Waals surface area contributed by atoms with Gasteiger partial charge in [0.05, 0.1) is 15.4 Å². The first-order valence-electron chi connectivity index (χ1n) is 4.59. The van der Waals surface area contributed by atoms with Crippen LogP contribution in [0.5, 0.6) is 0 Å². The third kappa shape index (κ3) is 2.54. The average molecular weight is 274 g/mol. The molecular formula is C9H8ClN3O5. The van der Waals surface area contributed by atoms with Gasteiger partial charge in [-0.25, -0.2) is 0 Å². The first-order chi connectivity index (χ1) is 8.25. The Hall–Kier alpha value is -2.22. The molecular weight excluding hydrogens is 266 g/mol. The van der Waals surface area contributed by atoms with Gasteiger partial charge < -0.3 is 4.90 Å². The fourth-order valence-electron chi connectivity index (χ4n) is 1.24. The summed E-state index contributed by atoms with van der Waals surface area (Å²) >= 11 is 5.55. The van der Waals surface area contributed by atoms with Crippen molar-refractivity contribution >= 4 is 28.9 Å². The Kier molecular flexibility index (Phi) is 3.82. The predicted octanol–water partition coefficient (Wildman–Crippen LogP) is 1.86. The van der Waals surface area contributed by atoms with E-state index < -0.39 is 32.2 Å². The summed E-state index contributed by atoms with van der Waals surface area (Å²) in [6.45, 7) is 0. The van der Waals surface area contributed by atoms with Gasteiger partial charge in [0.2, 0.25) is 0 Å². The predicted molar refractivity (Wildman–Crippen MR) is 62.8 cm³/mol. The van der Waals surface area contributed by atoms with Crippen LogP contribution in [0.25, 0.3) is 0 Å². The van der Waals surface area contributed by atoms with Crippen LogP contribution in [0.2, 0.25) is 5.02 Å². The fourth-order valence-corrected chi connectivity index (χ4v) is 1.49. The molecule has 0 aliphatic rings. The van der Waals surface area contributed by atoms with E-state index in [-0.39, 0.29) is 5.56 Å². The number of nitro groups is 2. The molecule has 0 N–H and O–H groups in total. The number of rotatable bonds is 3. The number of nitrogens with zero attached hydrogens (tertiary/aromatic N) is 3. The zero-order valence-corrected chi connectivity index (χ0v) is 10.2. The first-order valence-corrected chi connectivity index (χ1v) is 4.97.